The smallest absolute Gasteiger partial charge is 0.140 e. The molecule has 6 heteroatoms. The van der Waals surface area contributed by atoms with E-state index in [4.69, 9.17) is 0 Å². The fraction of sp³-hybridized carbons (Fsp3) is 0.583. The molecular weight excluding hydrogens is 228 g/mol. The molecule has 2 rings (SSSR count). The first-order chi connectivity index (χ1) is 8.66. The Bertz CT molecular complexity index is 484. The van der Waals surface area contributed by atoms with Crippen LogP contribution < -0.4 is 5.32 Å². The molecule has 0 spiro atoms. The lowest BCUT2D eigenvalue weighted by atomic mass is 10.2. The maximum atomic E-state index is 4.27. The minimum absolute atomic E-state index is 0.569. The van der Waals surface area contributed by atoms with Crippen LogP contribution in [0, 0.1) is 5.92 Å². The zero-order valence-corrected chi connectivity index (χ0v) is 11.2. The predicted molar refractivity (Wildman–Crippen MR) is 68.6 cm³/mol. The van der Waals surface area contributed by atoms with Crippen molar-refractivity contribution in [2.75, 3.05) is 0 Å². The number of imidazole rings is 1. The van der Waals surface area contributed by atoms with Gasteiger partial charge in [-0.2, -0.15) is 5.10 Å². The molecule has 0 amide bonds. The molecule has 2 aromatic heterocycles. The van der Waals surface area contributed by atoms with E-state index in [0.29, 0.717) is 12.5 Å². The fourth-order valence-electron chi connectivity index (χ4n) is 1.78. The predicted octanol–water partition coefficient (Wildman–Crippen LogP) is 0.957. The van der Waals surface area contributed by atoms with Gasteiger partial charge in [0.05, 0.1) is 13.1 Å². The Kier molecular flexibility index (Phi) is 4.09. The molecule has 0 fully saturated rings. The average molecular weight is 248 g/mol. The van der Waals surface area contributed by atoms with Crippen LogP contribution in [0.25, 0.3) is 0 Å². The van der Waals surface area contributed by atoms with Crippen LogP contribution in [0.5, 0.6) is 0 Å². The van der Waals surface area contributed by atoms with E-state index in [-0.39, 0.29) is 0 Å². The molecule has 0 aliphatic heterocycles. The maximum absolute atomic E-state index is 4.27. The van der Waals surface area contributed by atoms with Crippen LogP contribution in [0.15, 0.2) is 18.7 Å². The summed E-state index contributed by atoms with van der Waals surface area (Å²) in [6, 6.07) is 0. The summed E-state index contributed by atoms with van der Waals surface area (Å²) in [5, 5.41) is 7.57. The number of aromatic nitrogens is 5. The highest BCUT2D eigenvalue weighted by atomic mass is 15.3. The second-order valence-electron chi connectivity index (χ2n) is 4.81. The van der Waals surface area contributed by atoms with Crippen molar-refractivity contribution >= 4 is 0 Å². The molecule has 2 heterocycles. The Morgan fingerprint density at radius 2 is 2.00 bits per heavy atom. The molecule has 0 saturated carbocycles. The largest absolute Gasteiger partial charge is 0.337 e. The van der Waals surface area contributed by atoms with Gasteiger partial charge in [-0.05, 0) is 5.92 Å². The van der Waals surface area contributed by atoms with E-state index < -0.39 is 0 Å². The molecule has 0 saturated heterocycles. The first-order valence-corrected chi connectivity index (χ1v) is 6.20. The van der Waals surface area contributed by atoms with Crippen molar-refractivity contribution in [3.63, 3.8) is 0 Å². The fourth-order valence-corrected chi connectivity index (χ4v) is 1.78. The van der Waals surface area contributed by atoms with Gasteiger partial charge in [0.2, 0.25) is 0 Å². The summed E-state index contributed by atoms with van der Waals surface area (Å²) in [6.07, 6.45) is 5.36. The third-order valence-electron chi connectivity index (χ3n) is 2.72. The number of hydrogen-bond donors (Lipinski definition) is 1. The summed E-state index contributed by atoms with van der Waals surface area (Å²) in [5.41, 5.74) is 0. The van der Waals surface area contributed by atoms with Crippen molar-refractivity contribution in [1.29, 1.82) is 0 Å². The quantitative estimate of drug-likeness (QED) is 0.827. The number of nitrogens with one attached hydrogen (secondary N) is 1. The minimum atomic E-state index is 0.569. The zero-order chi connectivity index (χ0) is 13.0. The van der Waals surface area contributed by atoms with Gasteiger partial charge in [-0.1, -0.05) is 13.8 Å². The summed E-state index contributed by atoms with van der Waals surface area (Å²) in [4.78, 5) is 8.54. The Balaban J connectivity index is 1.87. The molecule has 6 nitrogen and oxygen atoms in total. The Morgan fingerprint density at radius 1 is 1.22 bits per heavy atom. The van der Waals surface area contributed by atoms with Crippen LogP contribution in [0.4, 0.5) is 0 Å². The Labute approximate surface area is 107 Å². The first-order valence-electron chi connectivity index (χ1n) is 6.20. The summed E-state index contributed by atoms with van der Waals surface area (Å²) < 4.78 is 3.96. The van der Waals surface area contributed by atoms with E-state index in [1.807, 2.05) is 22.5 Å². The Morgan fingerprint density at radius 3 is 2.67 bits per heavy atom. The lowest BCUT2D eigenvalue weighted by molar-refractivity contribution is 0.456. The van der Waals surface area contributed by atoms with E-state index in [1.165, 1.54) is 0 Å². The second-order valence-corrected chi connectivity index (χ2v) is 4.81. The van der Waals surface area contributed by atoms with Gasteiger partial charge in [-0.15, -0.1) is 0 Å². The van der Waals surface area contributed by atoms with Crippen molar-refractivity contribution in [3.05, 3.63) is 30.4 Å². The minimum Gasteiger partial charge on any atom is -0.337 e. The summed E-state index contributed by atoms with van der Waals surface area (Å²) in [5.74, 6) is 2.56. The topological polar surface area (TPSA) is 60.6 Å². The third-order valence-corrected chi connectivity index (χ3v) is 2.72. The number of hydrogen-bond acceptors (Lipinski definition) is 4. The van der Waals surface area contributed by atoms with Crippen molar-refractivity contribution in [1.82, 2.24) is 29.6 Å². The SMILES string of the molecule is CC(C)Cn1ncnc1CNCc1nccn1C. The van der Waals surface area contributed by atoms with Gasteiger partial charge in [0.25, 0.3) is 0 Å². The Hall–Kier alpha value is -1.69. The molecular formula is C12H20N6. The monoisotopic (exact) mass is 248 g/mol. The van der Waals surface area contributed by atoms with Gasteiger partial charge in [-0.3, -0.25) is 0 Å². The lowest BCUT2D eigenvalue weighted by Gasteiger charge is -2.09. The van der Waals surface area contributed by atoms with E-state index in [0.717, 1.165) is 24.7 Å². The average Bonchev–Trinajstić information content (AvgIpc) is 2.89. The highest BCUT2D eigenvalue weighted by molar-refractivity contribution is 4.91. The van der Waals surface area contributed by atoms with Crippen molar-refractivity contribution in [2.45, 2.75) is 33.5 Å². The molecule has 0 unspecified atom stereocenters. The highest BCUT2D eigenvalue weighted by Crippen LogP contribution is 2.01. The number of aryl methyl sites for hydroxylation is 1. The van der Waals surface area contributed by atoms with Gasteiger partial charge >= 0.3 is 0 Å². The molecule has 0 bridgehead atoms. The van der Waals surface area contributed by atoms with E-state index in [2.05, 4.69) is 34.2 Å². The van der Waals surface area contributed by atoms with Crippen LogP contribution in [-0.4, -0.2) is 24.3 Å². The van der Waals surface area contributed by atoms with Crippen LogP contribution >= 0.6 is 0 Å². The highest BCUT2D eigenvalue weighted by Gasteiger charge is 2.06. The van der Waals surface area contributed by atoms with E-state index in [9.17, 15) is 0 Å². The molecule has 98 valence electrons. The van der Waals surface area contributed by atoms with Crippen LogP contribution in [0.3, 0.4) is 0 Å². The van der Waals surface area contributed by atoms with Crippen LogP contribution in [0.2, 0.25) is 0 Å². The molecule has 0 atom stereocenters. The molecule has 0 radical (unpaired) electrons. The summed E-state index contributed by atoms with van der Waals surface area (Å²) in [7, 11) is 1.99. The van der Waals surface area contributed by atoms with Gasteiger partial charge in [0.1, 0.15) is 18.0 Å². The van der Waals surface area contributed by atoms with Gasteiger partial charge in [0, 0.05) is 26.0 Å². The molecule has 1 N–H and O–H groups in total. The molecule has 0 aliphatic rings. The molecule has 18 heavy (non-hydrogen) atoms. The standard InChI is InChI=1S/C12H20N6/c1-10(2)8-18-12(15-9-16-18)7-13-6-11-14-4-5-17(11)3/h4-5,9-10,13H,6-8H2,1-3H3. The van der Waals surface area contributed by atoms with Crippen molar-refractivity contribution in [3.8, 4) is 0 Å². The zero-order valence-electron chi connectivity index (χ0n) is 11.2. The molecule has 0 aliphatic carbocycles. The third kappa shape index (κ3) is 3.16. The van der Waals surface area contributed by atoms with Crippen molar-refractivity contribution in [2.24, 2.45) is 13.0 Å². The summed E-state index contributed by atoms with van der Waals surface area (Å²) >= 11 is 0. The van der Waals surface area contributed by atoms with E-state index >= 15 is 0 Å². The molecule has 0 aromatic carbocycles. The molecule has 2 aromatic rings. The van der Waals surface area contributed by atoms with Crippen LogP contribution in [-0.2, 0) is 26.7 Å². The number of rotatable bonds is 6. The van der Waals surface area contributed by atoms with Gasteiger partial charge < -0.3 is 9.88 Å². The van der Waals surface area contributed by atoms with Crippen molar-refractivity contribution < 1.29 is 0 Å². The van der Waals surface area contributed by atoms with Gasteiger partial charge in [0.15, 0.2) is 0 Å². The van der Waals surface area contributed by atoms with E-state index in [1.54, 1.807) is 12.5 Å². The normalized spacial score (nSPS) is 11.3. The maximum Gasteiger partial charge on any atom is 0.140 e. The van der Waals surface area contributed by atoms with Crippen LogP contribution in [0.1, 0.15) is 25.5 Å². The second kappa shape index (κ2) is 5.77. The number of nitrogens with zero attached hydrogens (tertiary/aromatic N) is 5. The summed E-state index contributed by atoms with van der Waals surface area (Å²) in [6.45, 7) is 6.69. The van der Waals surface area contributed by atoms with Gasteiger partial charge in [-0.25, -0.2) is 14.6 Å². The first kappa shape index (κ1) is 12.8. The lowest BCUT2D eigenvalue weighted by Crippen LogP contribution is -2.20.